The normalized spacial score (nSPS) is 13.3. The first-order valence-corrected chi connectivity index (χ1v) is 19.4. The summed E-state index contributed by atoms with van der Waals surface area (Å²) < 4.78 is 294. The molecule has 350 valence electrons. The first-order chi connectivity index (χ1) is 29.4. The molecule has 0 bridgehead atoms. The molecule has 4 rings (SSSR count). The van der Waals surface area contributed by atoms with Crippen LogP contribution in [-0.2, 0) is 0 Å². The van der Waals surface area contributed by atoms with Gasteiger partial charge in [0.25, 0.3) is 0 Å². The van der Waals surface area contributed by atoms with E-state index in [9.17, 15) is 52.7 Å². The maximum absolute atomic E-state index is 15.4. The molecule has 4 aromatic carbocycles. The Bertz CT molecular complexity index is 1900. The van der Waals surface area contributed by atoms with Crippen molar-refractivity contribution in [3.05, 3.63) is 116 Å². The van der Waals surface area contributed by atoms with Gasteiger partial charge in [0.15, 0.2) is 69.8 Å². The van der Waals surface area contributed by atoms with Crippen LogP contribution in [0.3, 0.4) is 0 Å². The zero-order valence-corrected chi connectivity index (χ0v) is 33.9. The van der Waals surface area contributed by atoms with Gasteiger partial charge in [-0.3, -0.25) is 0 Å². The van der Waals surface area contributed by atoms with Gasteiger partial charge in [-0.05, 0) is 25.7 Å². The summed E-state index contributed by atoms with van der Waals surface area (Å²) in [5.74, 6) is -69.5. The SMILES string of the molecule is CCCCC(CC)C[NH+](C)CC(CC)CCCC.Fc1c(F)c(F)c([B-](c2c(F)c(F)c(F)c(F)c2F)(c2c(F)c(F)c(F)c(F)c2F)c2c(F)c(F)c(F)c(F)c2F)c(F)c1F. The van der Waals surface area contributed by atoms with Crippen LogP contribution in [-0.4, -0.2) is 26.3 Å². The van der Waals surface area contributed by atoms with Crippen LogP contribution < -0.4 is 26.8 Å². The molecule has 0 aliphatic heterocycles. The topological polar surface area (TPSA) is 4.44 Å². The van der Waals surface area contributed by atoms with Crippen molar-refractivity contribution in [1.82, 2.24) is 0 Å². The van der Waals surface area contributed by atoms with Crippen molar-refractivity contribution < 1.29 is 92.7 Å². The Morgan fingerprint density at radius 3 is 0.651 bits per heavy atom. The lowest BCUT2D eigenvalue weighted by molar-refractivity contribution is -0.887. The zero-order chi connectivity index (χ0) is 48.2. The van der Waals surface area contributed by atoms with E-state index < -0.39 is 144 Å². The molecule has 2 atom stereocenters. The Hall–Kier alpha value is -4.50. The number of benzene rings is 4. The molecule has 22 heteroatoms. The van der Waals surface area contributed by atoms with Crippen LogP contribution in [0.25, 0.3) is 0 Å². The molecule has 2 unspecified atom stereocenters. The van der Waals surface area contributed by atoms with Gasteiger partial charge in [0.05, 0.1) is 20.1 Å². The van der Waals surface area contributed by atoms with Crippen molar-refractivity contribution in [1.29, 1.82) is 0 Å². The van der Waals surface area contributed by atoms with E-state index in [1.165, 1.54) is 64.5 Å². The van der Waals surface area contributed by atoms with Gasteiger partial charge in [-0.2, -0.15) is 0 Å². The number of nitrogens with one attached hydrogen (secondary N) is 1. The fourth-order valence-electron chi connectivity index (χ4n) is 7.83. The van der Waals surface area contributed by atoms with Crippen molar-refractivity contribution >= 4 is 28.0 Å². The van der Waals surface area contributed by atoms with E-state index >= 15 is 35.1 Å². The molecule has 0 aliphatic rings. The summed E-state index contributed by atoms with van der Waals surface area (Å²) in [4.78, 5) is 1.76. The standard InChI is InChI=1S/C24BF20.C17H37N/c26-5-1(6(27)14(35)21(42)13(5)34)25(2-7(28)15(36)22(43)16(37)8(2)29,3-9(30)17(38)23(44)18(39)10(3)31)4-11(32)19(40)24(45)20(41)12(4)33;1-6-10-12-16(8-3)14-18(5)15-17(9-4)13-11-7-2/h;16-17H,6-15H2,1-5H3/q-1;/p+1. The lowest BCUT2D eigenvalue weighted by Crippen LogP contribution is -3.10. The Balaban J connectivity index is 0.000000495. The maximum Gasteiger partial charge on any atom is 0.200 e. The van der Waals surface area contributed by atoms with E-state index in [4.69, 9.17) is 0 Å². The monoisotopic (exact) mass is 935 g/mol. The first kappa shape index (κ1) is 52.8. The largest absolute Gasteiger partial charge is 0.337 e. The average Bonchev–Trinajstić information content (AvgIpc) is 3.26. The van der Waals surface area contributed by atoms with Gasteiger partial charge in [0.2, 0.25) is 0 Å². The molecule has 0 amide bonds. The molecule has 1 N–H and O–H groups in total. The second-order valence-electron chi connectivity index (χ2n) is 15.0. The van der Waals surface area contributed by atoms with Gasteiger partial charge in [-0.1, -0.05) is 53.4 Å². The Kier molecular flexibility index (Phi) is 18.0. The van der Waals surface area contributed by atoms with Crippen LogP contribution in [0.2, 0.25) is 0 Å². The van der Waals surface area contributed by atoms with Crippen LogP contribution in [0.4, 0.5) is 87.8 Å². The molecule has 0 aromatic heterocycles. The third-order valence-corrected chi connectivity index (χ3v) is 11.1. The van der Waals surface area contributed by atoms with Gasteiger partial charge >= 0.3 is 0 Å². The van der Waals surface area contributed by atoms with Gasteiger partial charge in [0, 0.05) is 11.8 Å². The molecule has 0 spiro atoms. The molecule has 0 heterocycles. The fraction of sp³-hybridized carbons (Fsp3) is 0.415. The summed E-state index contributed by atoms with van der Waals surface area (Å²) in [6.45, 7) is 12.1. The van der Waals surface area contributed by atoms with E-state index in [2.05, 4.69) is 34.7 Å². The highest BCUT2D eigenvalue weighted by Gasteiger charge is 2.52. The molecule has 0 saturated heterocycles. The second-order valence-corrected chi connectivity index (χ2v) is 15.0. The van der Waals surface area contributed by atoms with Gasteiger partial charge in [-0.15, -0.1) is 21.9 Å². The molecule has 63 heavy (non-hydrogen) atoms. The molecular formula is C41H38BF20N. The highest BCUT2D eigenvalue weighted by molar-refractivity contribution is 7.20. The average molecular weight is 936 g/mol. The Morgan fingerprint density at radius 1 is 0.317 bits per heavy atom. The highest BCUT2D eigenvalue weighted by atomic mass is 19.2. The molecular weight excluding hydrogens is 897 g/mol. The maximum atomic E-state index is 15.4. The minimum Gasteiger partial charge on any atom is -0.337 e. The zero-order valence-electron chi connectivity index (χ0n) is 33.9. The second kappa shape index (κ2) is 21.5. The van der Waals surface area contributed by atoms with Crippen molar-refractivity contribution in [2.75, 3.05) is 20.1 Å². The molecule has 0 saturated carbocycles. The third kappa shape index (κ3) is 9.65. The van der Waals surface area contributed by atoms with Gasteiger partial charge in [0.1, 0.15) is 52.7 Å². The minimum absolute atomic E-state index is 0.952. The van der Waals surface area contributed by atoms with Crippen LogP contribution >= 0.6 is 0 Å². The minimum atomic E-state index is -7.22. The summed E-state index contributed by atoms with van der Waals surface area (Å²) in [7, 11) is 2.41. The molecule has 0 radical (unpaired) electrons. The number of rotatable bonds is 16. The summed E-state index contributed by atoms with van der Waals surface area (Å²) in [6, 6.07) is 0. The van der Waals surface area contributed by atoms with Gasteiger partial charge in [-0.25, -0.2) is 87.8 Å². The molecule has 0 fully saturated rings. The number of unbranched alkanes of at least 4 members (excludes halogenated alkanes) is 2. The van der Waals surface area contributed by atoms with Crippen LogP contribution in [0.15, 0.2) is 0 Å². The number of halogens is 20. The van der Waals surface area contributed by atoms with E-state index in [1.54, 1.807) is 4.90 Å². The lowest BCUT2D eigenvalue weighted by atomic mass is 9.12. The quantitative estimate of drug-likeness (QED) is 0.0495. The molecule has 1 nitrogen and oxygen atoms in total. The third-order valence-electron chi connectivity index (χ3n) is 11.1. The summed E-state index contributed by atoms with van der Waals surface area (Å²) >= 11 is 0. The lowest BCUT2D eigenvalue weighted by Gasteiger charge is -2.44. The smallest absolute Gasteiger partial charge is 0.200 e. The van der Waals surface area contributed by atoms with Crippen molar-refractivity contribution in [2.45, 2.75) is 79.1 Å². The summed E-state index contributed by atoms with van der Waals surface area (Å²) in [5.41, 5.74) is -14.3. The predicted octanol–water partition coefficient (Wildman–Crippen LogP) is 9.78. The highest BCUT2D eigenvalue weighted by Crippen LogP contribution is 2.31. The van der Waals surface area contributed by atoms with E-state index in [0.717, 1.165) is 11.8 Å². The van der Waals surface area contributed by atoms with Crippen molar-refractivity contribution in [3.8, 4) is 0 Å². The first-order valence-electron chi connectivity index (χ1n) is 19.4. The van der Waals surface area contributed by atoms with E-state index in [1.807, 2.05) is 0 Å². The summed E-state index contributed by atoms with van der Waals surface area (Å²) in [6.07, 6.45) is 3.93. The fourth-order valence-corrected chi connectivity index (χ4v) is 7.83. The Labute approximate surface area is 348 Å². The van der Waals surface area contributed by atoms with Crippen molar-refractivity contribution in [3.63, 3.8) is 0 Å². The Morgan fingerprint density at radius 2 is 0.492 bits per heavy atom. The number of quaternary nitrogens is 1. The predicted molar refractivity (Wildman–Crippen MR) is 192 cm³/mol. The van der Waals surface area contributed by atoms with E-state index in [-0.39, 0.29) is 0 Å². The molecule has 0 aliphatic carbocycles. The van der Waals surface area contributed by atoms with E-state index in [0.29, 0.717) is 0 Å². The van der Waals surface area contributed by atoms with Crippen LogP contribution in [0.1, 0.15) is 79.1 Å². The summed E-state index contributed by atoms with van der Waals surface area (Å²) in [5, 5.41) is 0. The number of hydrogen-bond acceptors (Lipinski definition) is 0. The molecule has 4 aromatic rings. The van der Waals surface area contributed by atoms with Gasteiger partial charge < -0.3 is 4.90 Å². The van der Waals surface area contributed by atoms with Crippen LogP contribution in [0, 0.1) is 128 Å². The van der Waals surface area contributed by atoms with Crippen molar-refractivity contribution in [2.24, 2.45) is 11.8 Å². The number of hydrogen-bond donors (Lipinski definition) is 1. The van der Waals surface area contributed by atoms with Crippen LogP contribution in [0.5, 0.6) is 0 Å².